The fraction of sp³-hybridized carbons (Fsp3) is 0.769. The van der Waals surface area contributed by atoms with E-state index in [1.54, 1.807) is 0 Å². The predicted molar refractivity (Wildman–Crippen MR) is 66.0 cm³/mol. The molecule has 0 spiro atoms. The molecule has 1 aromatic rings. The summed E-state index contributed by atoms with van der Waals surface area (Å²) in [6.07, 6.45) is 3.57. The van der Waals surface area contributed by atoms with Crippen molar-refractivity contribution in [3.8, 4) is 0 Å². The maximum absolute atomic E-state index is 12.3. The Morgan fingerprint density at radius 2 is 2.37 bits per heavy atom. The molecule has 2 heterocycles. The average Bonchev–Trinajstić information content (AvgIpc) is 2.87. The van der Waals surface area contributed by atoms with Crippen LogP contribution >= 0.6 is 0 Å². The second-order valence-electron chi connectivity index (χ2n) is 5.69. The minimum Gasteiger partial charge on any atom is -0.377 e. The van der Waals surface area contributed by atoms with Crippen molar-refractivity contribution in [3.63, 3.8) is 0 Å². The molecule has 1 aromatic heterocycles. The number of aromatic nitrogens is 2. The van der Waals surface area contributed by atoms with Crippen LogP contribution in [0.25, 0.3) is 0 Å². The minimum atomic E-state index is -0.200. The van der Waals surface area contributed by atoms with Gasteiger partial charge in [0, 0.05) is 12.5 Å². The highest BCUT2D eigenvalue weighted by Gasteiger charge is 2.57. The third-order valence-electron chi connectivity index (χ3n) is 4.01. The summed E-state index contributed by atoms with van der Waals surface area (Å²) in [5.74, 6) is 1.22. The maximum Gasteiger partial charge on any atom is 0.226 e. The Hall–Kier alpha value is -1.43. The van der Waals surface area contributed by atoms with Gasteiger partial charge in [-0.15, -0.1) is 0 Å². The van der Waals surface area contributed by atoms with Crippen LogP contribution in [0.2, 0.25) is 0 Å². The van der Waals surface area contributed by atoms with Gasteiger partial charge in [0.05, 0.1) is 18.1 Å². The monoisotopic (exact) mass is 265 g/mol. The highest BCUT2D eigenvalue weighted by Crippen LogP contribution is 2.48. The van der Waals surface area contributed by atoms with E-state index in [1.165, 1.54) is 6.39 Å². The standard InChI is InChI=1S/C13H19N3O3/c1-7(2)10(12-14-6-19-16-12)15-13(17)9-8-4-3-5-18-11(8)9/h6-11H,3-5H2,1-2H3,(H,15,17). The molecule has 1 saturated heterocycles. The van der Waals surface area contributed by atoms with Crippen LogP contribution in [0.5, 0.6) is 0 Å². The predicted octanol–water partition coefficient (Wildman–Crippen LogP) is 1.31. The van der Waals surface area contributed by atoms with Crippen LogP contribution in [-0.4, -0.2) is 28.8 Å². The molecule has 0 bridgehead atoms. The van der Waals surface area contributed by atoms with E-state index in [0.29, 0.717) is 11.7 Å². The Morgan fingerprint density at radius 1 is 1.53 bits per heavy atom. The SMILES string of the molecule is CC(C)C(NC(=O)C1C2CCCOC21)c1ncon1. The van der Waals surface area contributed by atoms with E-state index >= 15 is 0 Å². The molecule has 2 aliphatic rings. The summed E-state index contributed by atoms with van der Waals surface area (Å²) in [6.45, 7) is 4.83. The first-order valence-electron chi connectivity index (χ1n) is 6.86. The summed E-state index contributed by atoms with van der Waals surface area (Å²) in [5.41, 5.74) is 0. The van der Waals surface area contributed by atoms with Gasteiger partial charge in [-0.25, -0.2) is 0 Å². The quantitative estimate of drug-likeness (QED) is 0.888. The molecule has 4 atom stereocenters. The zero-order valence-corrected chi connectivity index (χ0v) is 11.2. The van der Waals surface area contributed by atoms with E-state index in [2.05, 4.69) is 15.5 Å². The number of ether oxygens (including phenoxy) is 1. The number of carbonyl (C=O) groups is 1. The molecule has 6 nitrogen and oxygen atoms in total. The van der Waals surface area contributed by atoms with Gasteiger partial charge in [0.1, 0.15) is 0 Å². The van der Waals surface area contributed by atoms with Crippen LogP contribution in [0.4, 0.5) is 0 Å². The lowest BCUT2D eigenvalue weighted by atomic mass is 10.0. The average molecular weight is 265 g/mol. The molecule has 2 fully saturated rings. The summed E-state index contributed by atoms with van der Waals surface area (Å²) in [5, 5.41) is 6.86. The number of fused-ring (bicyclic) bond motifs is 1. The van der Waals surface area contributed by atoms with Crippen molar-refractivity contribution < 1.29 is 14.1 Å². The number of nitrogens with one attached hydrogen (secondary N) is 1. The maximum atomic E-state index is 12.3. The first kappa shape index (κ1) is 12.6. The molecular formula is C13H19N3O3. The van der Waals surface area contributed by atoms with Crippen LogP contribution in [0.3, 0.4) is 0 Å². The van der Waals surface area contributed by atoms with Crippen molar-refractivity contribution >= 4 is 5.91 Å². The zero-order chi connectivity index (χ0) is 13.4. The van der Waals surface area contributed by atoms with Gasteiger partial charge in [-0.05, 0) is 18.8 Å². The van der Waals surface area contributed by atoms with Gasteiger partial charge in [-0.1, -0.05) is 19.0 Å². The summed E-state index contributed by atoms with van der Waals surface area (Å²) in [6, 6.07) is -0.200. The molecular weight excluding hydrogens is 246 g/mol. The van der Waals surface area contributed by atoms with Gasteiger partial charge >= 0.3 is 0 Å². The van der Waals surface area contributed by atoms with E-state index < -0.39 is 0 Å². The van der Waals surface area contributed by atoms with Crippen molar-refractivity contribution in [1.29, 1.82) is 0 Å². The van der Waals surface area contributed by atoms with Crippen molar-refractivity contribution in [2.24, 2.45) is 17.8 Å². The minimum absolute atomic E-state index is 0.00986. The van der Waals surface area contributed by atoms with Gasteiger partial charge in [0.25, 0.3) is 0 Å². The number of rotatable bonds is 4. The molecule has 3 rings (SSSR count). The Bertz CT molecular complexity index is 434. The number of nitrogens with zero attached hydrogens (tertiary/aromatic N) is 2. The van der Waals surface area contributed by atoms with E-state index in [-0.39, 0.29) is 29.9 Å². The van der Waals surface area contributed by atoms with Crippen molar-refractivity contribution in [1.82, 2.24) is 15.5 Å². The molecule has 1 aliphatic heterocycles. The van der Waals surface area contributed by atoms with Crippen molar-refractivity contribution in [3.05, 3.63) is 12.2 Å². The number of hydrogen-bond donors (Lipinski definition) is 1. The lowest BCUT2D eigenvalue weighted by Crippen LogP contribution is -2.34. The summed E-state index contributed by atoms with van der Waals surface area (Å²) in [7, 11) is 0. The van der Waals surface area contributed by atoms with Gasteiger partial charge in [0.15, 0.2) is 5.82 Å². The molecule has 1 N–H and O–H groups in total. The number of amides is 1. The summed E-state index contributed by atoms with van der Waals surface area (Å²) in [4.78, 5) is 16.3. The van der Waals surface area contributed by atoms with Gasteiger partial charge < -0.3 is 14.6 Å². The van der Waals surface area contributed by atoms with Crippen molar-refractivity contribution in [2.45, 2.75) is 38.8 Å². The molecule has 1 amide bonds. The molecule has 1 saturated carbocycles. The molecule has 1 aliphatic carbocycles. The topological polar surface area (TPSA) is 77.2 Å². The summed E-state index contributed by atoms with van der Waals surface area (Å²) < 4.78 is 10.4. The van der Waals surface area contributed by atoms with E-state index in [1.807, 2.05) is 13.8 Å². The van der Waals surface area contributed by atoms with Gasteiger partial charge in [-0.2, -0.15) is 4.98 Å². The normalized spacial score (nSPS) is 30.8. The van der Waals surface area contributed by atoms with Crippen LogP contribution in [0.15, 0.2) is 10.9 Å². The Balaban J connectivity index is 1.64. The third-order valence-corrected chi connectivity index (χ3v) is 4.01. The summed E-state index contributed by atoms with van der Waals surface area (Å²) >= 11 is 0. The molecule has 19 heavy (non-hydrogen) atoms. The van der Waals surface area contributed by atoms with E-state index in [4.69, 9.17) is 9.26 Å². The Kier molecular flexibility index (Phi) is 3.26. The Morgan fingerprint density at radius 3 is 2.95 bits per heavy atom. The smallest absolute Gasteiger partial charge is 0.226 e. The Labute approximate surface area is 111 Å². The van der Waals surface area contributed by atoms with Crippen LogP contribution in [0.1, 0.15) is 38.6 Å². The van der Waals surface area contributed by atoms with Crippen molar-refractivity contribution in [2.75, 3.05) is 6.61 Å². The molecule has 104 valence electrons. The largest absolute Gasteiger partial charge is 0.377 e. The molecule has 6 heteroatoms. The van der Waals surface area contributed by atoms with Crippen LogP contribution in [-0.2, 0) is 9.53 Å². The molecule has 0 radical (unpaired) electrons. The highest BCUT2D eigenvalue weighted by atomic mass is 16.5. The zero-order valence-electron chi connectivity index (χ0n) is 11.2. The highest BCUT2D eigenvalue weighted by molar-refractivity contribution is 5.83. The fourth-order valence-corrected chi connectivity index (χ4v) is 2.89. The first-order valence-corrected chi connectivity index (χ1v) is 6.86. The lowest BCUT2D eigenvalue weighted by molar-refractivity contribution is -0.124. The third kappa shape index (κ3) is 2.36. The number of carbonyl (C=O) groups excluding carboxylic acids is 1. The van der Waals surface area contributed by atoms with Crippen LogP contribution < -0.4 is 5.32 Å². The second kappa shape index (κ2) is 4.92. The second-order valence-corrected chi connectivity index (χ2v) is 5.69. The molecule has 0 aromatic carbocycles. The van der Waals surface area contributed by atoms with Gasteiger partial charge in [0.2, 0.25) is 12.3 Å². The first-order chi connectivity index (χ1) is 9.18. The van der Waals surface area contributed by atoms with Gasteiger partial charge in [-0.3, -0.25) is 4.79 Å². The fourth-order valence-electron chi connectivity index (χ4n) is 2.89. The molecule has 4 unspecified atom stereocenters. The number of hydrogen-bond acceptors (Lipinski definition) is 5. The van der Waals surface area contributed by atoms with E-state index in [9.17, 15) is 4.79 Å². The van der Waals surface area contributed by atoms with Crippen LogP contribution in [0, 0.1) is 17.8 Å². The van der Waals surface area contributed by atoms with E-state index in [0.717, 1.165) is 19.4 Å². The lowest BCUT2D eigenvalue weighted by Gasteiger charge is -2.18.